The SMILES string of the molecule is CC(=O)N1[C@H](CN(C)C)C[C@@H]2CN(Cc3ccc(C)s3)CC[C@@H]21.O=C(O)C(F)(F)F.O=C(O)C(F)(F)F. The van der Waals surface area contributed by atoms with Crippen LogP contribution < -0.4 is 0 Å². The molecule has 0 aromatic carbocycles. The molecular formula is C22H31F6N3O5S. The lowest BCUT2D eigenvalue weighted by Crippen LogP contribution is -2.49. The number of halogens is 6. The normalized spacial score (nSPS) is 21.9. The Bertz CT molecular complexity index is 897. The molecular weight excluding hydrogens is 532 g/mol. The monoisotopic (exact) mass is 563 g/mol. The van der Waals surface area contributed by atoms with Gasteiger partial charge < -0.3 is 20.0 Å². The van der Waals surface area contributed by atoms with Crippen molar-refractivity contribution in [2.75, 3.05) is 33.7 Å². The van der Waals surface area contributed by atoms with Crippen molar-refractivity contribution in [3.8, 4) is 0 Å². The number of alkyl halides is 6. The van der Waals surface area contributed by atoms with E-state index in [-0.39, 0.29) is 5.91 Å². The van der Waals surface area contributed by atoms with Crippen molar-refractivity contribution in [1.29, 1.82) is 0 Å². The fourth-order valence-corrected chi connectivity index (χ4v) is 5.37. The van der Waals surface area contributed by atoms with Gasteiger partial charge in [0.25, 0.3) is 0 Å². The number of aliphatic carboxylic acids is 2. The van der Waals surface area contributed by atoms with E-state index in [1.165, 1.54) is 9.75 Å². The Balaban J connectivity index is 0.000000404. The van der Waals surface area contributed by atoms with E-state index in [2.05, 4.69) is 47.9 Å². The van der Waals surface area contributed by atoms with Crippen molar-refractivity contribution in [3.63, 3.8) is 0 Å². The molecule has 0 bridgehead atoms. The van der Waals surface area contributed by atoms with E-state index in [0.717, 1.165) is 39.0 Å². The predicted octanol–water partition coefficient (Wildman–Crippen LogP) is 3.70. The second-order valence-corrected chi connectivity index (χ2v) is 10.4. The first-order valence-corrected chi connectivity index (χ1v) is 12.0. The van der Waals surface area contributed by atoms with E-state index in [4.69, 9.17) is 19.8 Å². The van der Waals surface area contributed by atoms with Gasteiger partial charge in [0.2, 0.25) is 5.91 Å². The van der Waals surface area contributed by atoms with Gasteiger partial charge >= 0.3 is 24.3 Å². The van der Waals surface area contributed by atoms with E-state index in [1.54, 1.807) is 6.92 Å². The van der Waals surface area contributed by atoms with Crippen LogP contribution >= 0.6 is 11.3 Å². The van der Waals surface area contributed by atoms with E-state index in [0.29, 0.717) is 18.0 Å². The highest BCUT2D eigenvalue weighted by atomic mass is 32.1. The molecule has 15 heteroatoms. The third-order valence-corrected chi connectivity index (χ3v) is 6.69. The molecule has 0 spiro atoms. The van der Waals surface area contributed by atoms with Crippen LogP contribution in [0, 0.1) is 12.8 Å². The third-order valence-electron chi connectivity index (χ3n) is 5.70. The second-order valence-electron chi connectivity index (χ2n) is 9.05. The molecule has 2 N–H and O–H groups in total. The number of likely N-dealkylation sites (N-methyl/N-ethyl adjacent to an activating group) is 1. The number of amides is 1. The topological polar surface area (TPSA) is 101 Å². The van der Waals surface area contributed by atoms with Gasteiger partial charge in [-0.3, -0.25) is 9.69 Å². The maximum Gasteiger partial charge on any atom is 0.490 e. The van der Waals surface area contributed by atoms with Crippen LogP contribution in [0.15, 0.2) is 12.1 Å². The van der Waals surface area contributed by atoms with Gasteiger partial charge in [-0.1, -0.05) is 0 Å². The first kappa shape index (κ1) is 32.6. The second kappa shape index (κ2) is 13.4. The number of thiophene rings is 1. The van der Waals surface area contributed by atoms with Crippen LogP contribution in [0.4, 0.5) is 26.3 Å². The molecule has 8 nitrogen and oxygen atoms in total. The summed E-state index contributed by atoms with van der Waals surface area (Å²) in [5.41, 5.74) is 0. The zero-order valence-corrected chi connectivity index (χ0v) is 21.6. The summed E-state index contributed by atoms with van der Waals surface area (Å²) >= 11 is 1.91. The number of piperidine rings is 1. The molecule has 212 valence electrons. The zero-order valence-electron chi connectivity index (χ0n) is 20.8. The summed E-state index contributed by atoms with van der Waals surface area (Å²) in [5.74, 6) is -4.62. The van der Waals surface area contributed by atoms with Gasteiger partial charge in [0, 0.05) is 54.9 Å². The van der Waals surface area contributed by atoms with Crippen molar-refractivity contribution >= 4 is 29.2 Å². The van der Waals surface area contributed by atoms with Gasteiger partial charge in [0.05, 0.1) is 0 Å². The van der Waals surface area contributed by atoms with E-state index < -0.39 is 24.3 Å². The highest BCUT2D eigenvalue weighted by Crippen LogP contribution is 2.36. The maximum absolute atomic E-state index is 12.2. The third kappa shape index (κ3) is 10.9. The van der Waals surface area contributed by atoms with Gasteiger partial charge in [-0.2, -0.15) is 26.3 Å². The average Bonchev–Trinajstić information content (AvgIpc) is 3.29. The summed E-state index contributed by atoms with van der Waals surface area (Å²) in [6, 6.07) is 5.32. The van der Waals surface area contributed by atoms with E-state index in [1.807, 2.05) is 11.3 Å². The Morgan fingerprint density at radius 3 is 1.95 bits per heavy atom. The Morgan fingerprint density at radius 2 is 1.57 bits per heavy atom. The van der Waals surface area contributed by atoms with Gasteiger partial charge in [-0.25, -0.2) is 9.59 Å². The van der Waals surface area contributed by atoms with Crippen molar-refractivity contribution in [1.82, 2.24) is 14.7 Å². The van der Waals surface area contributed by atoms with Crippen LogP contribution in [0.5, 0.6) is 0 Å². The Labute approximate surface area is 214 Å². The van der Waals surface area contributed by atoms with Gasteiger partial charge in [-0.15, -0.1) is 11.3 Å². The molecule has 1 aromatic heterocycles. The molecule has 2 saturated heterocycles. The smallest absolute Gasteiger partial charge is 0.475 e. The van der Waals surface area contributed by atoms with Gasteiger partial charge in [0.1, 0.15) is 0 Å². The number of carbonyl (C=O) groups excluding carboxylic acids is 1. The zero-order chi connectivity index (χ0) is 28.7. The van der Waals surface area contributed by atoms with Crippen molar-refractivity contribution in [2.45, 2.75) is 57.7 Å². The van der Waals surface area contributed by atoms with Crippen molar-refractivity contribution < 1.29 is 50.9 Å². The highest BCUT2D eigenvalue weighted by molar-refractivity contribution is 7.11. The Hall–Kier alpha value is -2.39. The summed E-state index contributed by atoms with van der Waals surface area (Å²) < 4.78 is 63.5. The average molecular weight is 564 g/mol. The quantitative estimate of drug-likeness (QED) is 0.539. The van der Waals surface area contributed by atoms with Crippen LogP contribution in [0.3, 0.4) is 0 Å². The van der Waals surface area contributed by atoms with Crippen LogP contribution in [-0.4, -0.2) is 101 Å². The molecule has 2 aliphatic rings. The van der Waals surface area contributed by atoms with E-state index in [9.17, 15) is 31.1 Å². The summed E-state index contributed by atoms with van der Waals surface area (Å²) in [5, 5.41) is 14.2. The standard InChI is InChI=1S/C18H29N3OS.2C2HF3O2/c1-13-5-6-17(23-13)12-20-8-7-18-15(10-20)9-16(11-19(3)4)21(18)14(2)22;2*3-2(4,5)1(6)7/h5-6,15-16,18H,7-12H2,1-4H3;2*(H,6,7)/t15-,16+,18+;;/m1../s1. The van der Waals surface area contributed by atoms with Gasteiger partial charge in [0.15, 0.2) is 0 Å². The maximum atomic E-state index is 12.2. The number of likely N-dealkylation sites (tertiary alicyclic amines) is 2. The Morgan fingerprint density at radius 1 is 1.05 bits per heavy atom. The summed E-state index contributed by atoms with van der Waals surface area (Å²) in [6.45, 7) is 8.21. The molecule has 1 amide bonds. The van der Waals surface area contributed by atoms with Crippen molar-refractivity contribution in [3.05, 3.63) is 21.9 Å². The minimum absolute atomic E-state index is 0.256. The number of rotatable bonds is 4. The minimum Gasteiger partial charge on any atom is -0.475 e. The first-order chi connectivity index (χ1) is 16.8. The first-order valence-electron chi connectivity index (χ1n) is 11.1. The van der Waals surface area contributed by atoms with Crippen LogP contribution in [-0.2, 0) is 20.9 Å². The molecule has 2 aliphatic heterocycles. The van der Waals surface area contributed by atoms with E-state index >= 15 is 0 Å². The molecule has 0 aliphatic carbocycles. The summed E-state index contributed by atoms with van der Waals surface area (Å²) in [6.07, 6.45) is -7.89. The molecule has 0 unspecified atom stereocenters. The molecule has 37 heavy (non-hydrogen) atoms. The Kier molecular flexibility index (Phi) is 11.8. The number of hydrogen-bond acceptors (Lipinski definition) is 6. The molecule has 2 fully saturated rings. The predicted molar refractivity (Wildman–Crippen MR) is 123 cm³/mol. The van der Waals surface area contributed by atoms with Crippen LogP contribution in [0.25, 0.3) is 0 Å². The number of carboxylic acid groups (broad SMARTS) is 2. The van der Waals surface area contributed by atoms with Crippen molar-refractivity contribution in [2.24, 2.45) is 5.92 Å². The number of aryl methyl sites for hydroxylation is 1. The number of hydrogen-bond donors (Lipinski definition) is 2. The summed E-state index contributed by atoms with van der Waals surface area (Å²) in [4.78, 5) is 39.8. The molecule has 3 atom stereocenters. The number of fused-ring (bicyclic) bond motifs is 1. The molecule has 3 rings (SSSR count). The summed E-state index contributed by atoms with van der Waals surface area (Å²) in [7, 11) is 4.21. The number of nitrogens with zero attached hydrogens (tertiary/aromatic N) is 3. The fraction of sp³-hybridized carbons (Fsp3) is 0.682. The lowest BCUT2D eigenvalue weighted by atomic mass is 9.92. The van der Waals surface area contributed by atoms with Crippen LogP contribution in [0.1, 0.15) is 29.5 Å². The minimum atomic E-state index is -5.08. The molecule has 0 saturated carbocycles. The molecule has 1 aromatic rings. The fourth-order valence-electron chi connectivity index (χ4n) is 4.44. The lowest BCUT2D eigenvalue weighted by Gasteiger charge is -2.38. The highest BCUT2D eigenvalue weighted by Gasteiger charge is 2.45. The van der Waals surface area contributed by atoms with Crippen LogP contribution in [0.2, 0.25) is 0 Å². The molecule has 0 radical (unpaired) electrons. The molecule has 3 heterocycles. The largest absolute Gasteiger partial charge is 0.490 e. The lowest BCUT2D eigenvalue weighted by molar-refractivity contribution is -0.193. The van der Waals surface area contributed by atoms with Gasteiger partial charge in [-0.05, 0) is 51.9 Å². The number of carbonyl (C=O) groups is 3. The number of carboxylic acids is 2.